The Hall–Kier alpha value is -1.09. The molecule has 1 aromatic carbocycles. The van der Waals surface area contributed by atoms with Crippen molar-refractivity contribution in [1.82, 2.24) is 5.32 Å². The highest BCUT2D eigenvalue weighted by Gasteiger charge is 2.12. The van der Waals surface area contributed by atoms with Gasteiger partial charge < -0.3 is 10.1 Å². The molecule has 0 bridgehead atoms. The lowest BCUT2D eigenvalue weighted by Gasteiger charge is -2.17. The molecular weight excluding hydrogens is 229 g/mol. The summed E-state index contributed by atoms with van der Waals surface area (Å²) in [7, 11) is 0. The Morgan fingerprint density at radius 2 is 2.06 bits per heavy atom. The summed E-state index contributed by atoms with van der Waals surface area (Å²) >= 11 is 0. The number of para-hydroxylation sites is 1. The van der Waals surface area contributed by atoms with Gasteiger partial charge in [-0.2, -0.15) is 0 Å². The molecule has 0 spiro atoms. The van der Waals surface area contributed by atoms with Crippen LogP contribution in [0.1, 0.15) is 45.6 Å². The van der Waals surface area contributed by atoms with Crippen molar-refractivity contribution in [2.24, 2.45) is 0 Å². The summed E-state index contributed by atoms with van der Waals surface area (Å²) in [5.74, 6) is 0.135. The summed E-state index contributed by atoms with van der Waals surface area (Å²) in [6.45, 7) is 7.78. The van der Waals surface area contributed by atoms with Gasteiger partial charge in [0.05, 0.1) is 6.10 Å². The van der Waals surface area contributed by atoms with Crippen molar-refractivity contribution in [2.75, 3.05) is 6.54 Å². The normalized spacial score (nSPS) is 12.4. The van der Waals surface area contributed by atoms with E-state index in [0.717, 1.165) is 31.4 Å². The number of nitrogens with one attached hydrogen (secondary N) is 1. The fourth-order valence-electron chi connectivity index (χ4n) is 1.89. The van der Waals surface area contributed by atoms with Gasteiger partial charge in [0.2, 0.25) is 0 Å². The fraction of sp³-hybridized carbons (Fsp3) is 0.600. The maximum atomic E-state index is 13.8. The molecule has 0 saturated carbocycles. The van der Waals surface area contributed by atoms with E-state index in [1.165, 1.54) is 6.07 Å². The minimum Gasteiger partial charge on any atom is -0.487 e. The van der Waals surface area contributed by atoms with Gasteiger partial charge in [-0.15, -0.1) is 0 Å². The fourth-order valence-corrected chi connectivity index (χ4v) is 1.89. The summed E-state index contributed by atoms with van der Waals surface area (Å²) < 4.78 is 19.5. The van der Waals surface area contributed by atoms with Crippen LogP contribution in [0.4, 0.5) is 4.39 Å². The Balaban J connectivity index is 2.73. The van der Waals surface area contributed by atoms with Gasteiger partial charge in [-0.3, -0.25) is 0 Å². The molecule has 0 amide bonds. The molecule has 0 radical (unpaired) electrons. The number of ether oxygens (including phenoxy) is 1. The van der Waals surface area contributed by atoms with E-state index in [4.69, 9.17) is 4.74 Å². The first-order valence-electron chi connectivity index (χ1n) is 6.83. The number of hydrogen-bond acceptors (Lipinski definition) is 2. The SMILES string of the molecule is CCCNCc1cccc(F)c1OC(C)CCC. The average Bonchev–Trinajstić information content (AvgIpc) is 2.34. The molecule has 0 fully saturated rings. The highest BCUT2D eigenvalue weighted by molar-refractivity contribution is 5.35. The topological polar surface area (TPSA) is 21.3 Å². The first kappa shape index (κ1) is 15.0. The predicted octanol–water partition coefficient (Wildman–Crippen LogP) is 3.89. The highest BCUT2D eigenvalue weighted by Crippen LogP contribution is 2.24. The minimum atomic E-state index is -0.270. The van der Waals surface area contributed by atoms with Crippen molar-refractivity contribution in [3.05, 3.63) is 29.6 Å². The number of rotatable bonds is 8. The van der Waals surface area contributed by atoms with Crippen molar-refractivity contribution in [3.63, 3.8) is 0 Å². The van der Waals surface area contributed by atoms with Gasteiger partial charge in [-0.1, -0.05) is 32.4 Å². The molecule has 1 N–H and O–H groups in total. The molecule has 18 heavy (non-hydrogen) atoms. The van der Waals surface area contributed by atoms with Crippen LogP contribution in [-0.4, -0.2) is 12.6 Å². The van der Waals surface area contributed by atoms with Crippen LogP contribution in [-0.2, 0) is 6.54 Å². The zero-order valence-electron chi connectivity index (χ0n) is 11.6. The maximum Gasteiger partial charge on any atom is 0.165 e. The number of halogens is 1. The molecule has 1 rings (SSSR count). The molecule has 0 aliphatic carbocycles. The van der Waals surface area contributed by atoms with E-state index in [-0.39, 0.29) is 11.9 Å². The monoisotopic (exact) mass is 253 g/mol. The van der Waals surface area contributed by atoms with Crippen LogP contribution in [0.25, 0.3) is 0 Å². The average molecular weight is 253 g/mol. The number of benzene rings is 1. The molecule has 0 aliphatic heterocycles. The van der Waals surface area contributed by atoms with Gasteiger partial charge >= 0.3 is 0 Å². The second-order valence-electron chi connectivity index (χ2n) is 4.62. The van der Waals surface area contributed by atoms with E-state index in [1.54, 1.807) is 6.07 Å². The molecule has 0 aliphatic rings. The molecule has 102 valence electrons. The molecule has 2 nitrogen and oxygen atoms in total. The molecule has 0 aromatic heterocycles. The smallest absolute Gasteiger partial charge is 0.165 e. The van der Waals surface area contributed by atoms with Gasteiger partial charge in [0.15, 0.2) is 11.6 Å². The standard InChI is InChI=1S/C15H24FNO/c1-4-7-12(3)18-15-13(11-17-10-5-2)8-6-9-14(15)16/h6,8-9,12,17H,4-5,7,10-11H2,1-3H3. The van der Waals surface area contributed by atoms with Crippen LogP contribution in [0.15, 0.2) is 18.2 Å². The van der Waals surface area contributed by atoms with Crippen molar-refractivity contribution < 1.29 is 9.13 Å². The lowest BCUT2D eigenvalue weighted by Crippen LogP contribution is -2.18. The number of hydrogen-bond donors (Lipinski definition) is 1. The van der Waals surface area contributed by atoms with Crippen LogP contribution in [0, 0.1) is 5.82 Å². The zero-order valence-corrected chi connectivity index (χ0v) is 11.6. The van der Waals surface area contributed by atoms with E-state index in [2.05, 4.69) is 19.2 Å². The van der Waals surface area contributed by atoms with Gasteiger partial charge in [0.1, 0.15) is 0 Å². The molecule has 0 saturated heterocycles. The van der Waals surface area contributed by atoms with Crippen molar-refractivity contribution in [3.8, 4) is 5.75 Å². The lowest BCUT2D eigenvalue weighted by molar-refractivity contribution is 0.198. The van der Waals surface area contributed by atoms with Gasteiger partial charge in [0.25, 0.3) is 0 Å². The van der Waals surface area contributed by atoms with Crippen LogP contribution in [0.5, 0.6) is 5.75 Å². The Kier molecular flexibility index (Phi) is 6.73. The Bertz CT molecular complexity index is 354. The van der Waals surface area contributed by atoms with E-state index in [0.29, 0.717) is 12.3 Å². The maximum absolute atomic E-state index is 13.8. The molecule has 3 heteroatoms. The quantitative estimate of drug-likeness (QED) is 0.710. The van der Waals surface area contributed by atoms with Crippen LogP contribution in [0.2, 0.25) is 0 Å². The Morgan fingerprint density at radius 3 is 2.72 bits per heavy atom. The largest absolute Gasteiger partial charge is 0.487 e. The minimum absolute atomic E-state index is 0.0526. The van der Waals surface area contributed by atoms with Crippen LogP contribution >= 0.6 is 0 Å². The zero-order chi connectivity index (χ0) is 13.4. The van der Waals surface area contributed by atoms with Crippen LogP contribution < -0.4 is 10.1 Å². The molecule has 0 heterocycles. The van der Waals surface area contributed by atoms with E-state index >= 15 is 0 Å². The van der Waals surface area contributed by atoms with E-state index < -0.39 is 0 Å². The summed E-state index contributed by atoms with van der Waals surface area (Å²) in [6, 6.07) is 5.10. The van der Waals surface area contributed by atoms with Gasteiger partial charge in [0, 0.05) is 12.1 Å². The Labute approximate surface area is 110 Å². The first-order chi connectivity index (χ1) is 8.69. The van der Waals surface area contributed by atoms with Gasteiger partial charge in [-0.25, -0.2) is 4.39 Å². The highest BCUT2D eigenvalue weighted by atomic mass is 19.1. The third kappa shape index (κ3) is 4.65. The van der Waals surface area contributed by atoms with E-state index in [9.17, 15) is 4.39 Å². The van der Waals surface area contributed by atoms with Crippen molar-refractivity contribution in [1.29, 1.82) is 0 Å². The summed E-state index contributed by atoms with van der Waals surface area (Å²) in [5.41, 5.74) is 0.895. The third-order valence-electron chi connectivity index (χ3n) is 2.80. The third-order valence-corrected chi connectivity index (χ3v) is 2.80. The molecular formula is C15H24FNO. The summed E-state index contributed by atoms with van der Waals surface area (Å²) in [5, 5.41) is 3.28. The summed E-state index contributed by atoms with van der Waals surface area (Å²) in [6.07, 6.45) is 3.10. The molecule has 1 aromatic rings. The van der Waals surface area contributed by atoms with Crippen molar-refractivity contribution >= 4 is 0 Å². The first-order valence-corrected chi connectivity index (χ1v) is 6.83. The van der Waals surface area contributed by atoms with E-state index in [1.807, 2.05) is 13.0 Å². The molecule has 1 unspecified atom stereocenters. The Morgan fingerprint density at radius 1 is 1.28 bits per heavy atom. The van der Waals surface area contributed by atoms with Crippen molar-refractivity contribution in [2.45, 2.75) is 52.7 Å². The predicted molar refractivity (Wildman–Crippen MR) is 73.4 cm³/mol. The van der Waals surface area contributed by atoms with Gasteiger partial charge in [-0.05, 0) is 32.4 Å². The van der Waals surface area contributed by atoms with Crippen LogP contribution in [0.3, 0.4) is 0 Å². The second kappa shape index (κ2) is 8.09. The lowest BCUT2D eigenvalue weighted by atomic mass is 10.1. The summed E-state index contributed by atoms with van der Waals surface area (Å²) in [4.78, 5) is 0. The molecule has 1 atom stereocenters. The second-order valence-corrected chi connectivity index (χ2v) is 4.62.